The summed E-state index contributed by atoms with van der Waals surface area (Å²) in [5.74, 6) is 1.90. The van der Waals surface area contributed by atoms with Crippen molar-refractivity contribution in [3.8, 4) is 0 Å². The molecule has 0 saturated heterocycles. The number of aryl methyl sites for hydroxylation is 2. The Morgan fingerprint density at radius 2 is 2.22 bits per heavy atom. The molecule has 1 aliphatic rings. The van der Waals surface area contributed by atoms with E-state index >= 15 is 0 Å². The number of amides is 1. The Labute approximate surface area is 167 Å². The molecule has 8 heteroatoms. The van der Waals surface area contributed by atoms with Crippen LogP contribution in [0.5, 0.6) is 0 Å². The molecule has 1 unspecified atom stereocenters. The van der Waals surface area contributed by atoms with Gasteiger partial charge in [-0.1, -0.05) is 0 Å². The van der Waals surface area contributed by atoms with E-state index in [0.717, 1.165) is 34.2 Å². The average Bonchev–Trinajstić information content (AvgIpc) is 3.41. The van der Waals surface area contributed by atoms with Crippen LogP contribution in [-0.2, 0) is 15.3 Å². The third kappa shape index (κ3) is 5.56. The summed E-state index contributed by atoms with van der Waals surface area (Å²) in [5.41, 5.74) is 0.901. The quantitative estimate of drug-likeness (QED) is 0.589. The minimum Gasteiger partial charge on any atom is -0.381 e. The number of fused-ring (bicyclic) bond motifs is 1. The molecule has 3 rings (SSSR count). The number of rotatable bonds is 10. The summed E-state index contributed by atoms with van der Waals surface area (Å²) in [6.07, 6.45) is 3.42. The standard InChI is InChI=1S/C19H27N3O3S2/c1-11-12(2)27-19-16(11)18(24)21-15(22-19)10-26-13(3)17(23)20-7-4-8-25-9-14-5-6-14/h13-14H,4-10H2,1-3H3,(H,20,23)(H,21,22,24). The predicted octanol–water partition coefficient (Wildman–Crippen LogP) is 3.16. The Hall–Kier alpha value is -1.38. The molecule has 0 aliphatic heterocycles. The molecule has 1 fully saturated rings. The van der Waals surface area contributed by atoms with Gasteiger partial charge in [-0.2, -0.15) is 0 Å². The van der Waals surface area contributed by atoms with E-state index in [1.165, 1.54) is 35.9 Å². The number of nitrogens with one attached hydrogen (secondary N) is 2. The number of hydrogen-bond donors (Lipinski definition) is 2. The van der Waals surface area contributed by atoms with Crippen LogP contribution < -0.4 is 10.9 Å². The Morgan fingerprint density at radius 3 is 2.96 bits per heavy atom. The fourth-order valence-electron chi connectivity index (χ4n) is 2.71. The van der Waals surface area contributed by atoms with E-state index in [1.54, 1.807) is 0 Å². The molecule has 2 heterocycles. The van der Waals surface area contributed by atoms with Crippen LogP contribution in [0.15, 0.2) is 4.79 Å². The smallest absolute Gasteiger partial charge is 0.259 e. The van der Waals surface area contributed by atoms with Crippen LogP contribution in [0.4, 0.5) is 0 Å². The second kappa shape index (κ2) is 9.21. The topological polar surface area (TPSA) is 84.1 Å². The van der Waals surface area contributed by atoms with Crippen molar-refractivity contribution in [2.24, 2.45) is 5.92 Å². The lowest BCUT2D eigenvalue weighted by molar-refractivity contribution is -0.120. The van der Waals surface area contributed by atoms with E-state index in [9.17, 15) is 9.59 Å². The van der Waals surface area contributed by atoms with Gasteiger partial charge in [-0.15, -0.1) is 23.1 Å². The number of nitrogens with zero attached hydrogens (tertiary/aromatic N) is 1. The van der Waals surface area contributed by atoms with Crippen molar-refractivity contribution in [2.45, 2.75) is 51.0 Å². The molecule has 0 bridgehead atoms. The normalized spacial score (nSPS) is 15.2. The SMILES string of the molecule is Cc1sc2nc(CSC(C)C(=O)NCCCOCC3CC3)[nH]c(=O)c2c1C. The van der Waals surface area contributed by atoms with E-state index in [0.29, 0.717) is 30.1 Å². The first kappa shape index (κ1) is 20.4. The van der Waals surface area contributed by atoms with Gasteiger partial charge in [-0.25, -0.2) is 4.98 Å². The Morgan fingerprint density at radius 1 is 1.44 bits per heavy atom. The van der Waals surface area contributed by atoms with Crippen molar-refractivity contribution in [1.29, 1.82) is 0 Å². The second-order valence-corrected chi connectivity index (χ2v) is 9.62. The second-order valence-electron chi connectivity index (χ2n) is 7.09. The highest BCUT2D eigenvalue weighted by atomic mass is 32.2. The molecule has 0 spiro atoms. The predicted molar refractivity (Wildman–Crippen MR) is 112 cm³/mol. The van der Waals surface area contributed by atoms with E-state index in [-0.39, 0.29) is 16.7 Å². The van der Waals surface area contributed by atoms with Crippen molar-refractivity contribution in [2.75, 3.05) is 19.8 Å². The molecular formula is C19H27N3O3S2. The third-order valence-corrected chi connectivity index (χ3v) is 7.00. The van der Waals surface area contributed by atoms with Gasteiger partial charge in [0.05, 0.1) is 16.4 Å². The number of aromatic nitrogens is 2. The summed E-state index contributed by atoms with van der Waals surface area (Å²) in [6.45, 7) is 8.01. The Bertz CT molecular complexity index is 858. The summed E-state index contributed by atoms with van der Waals surface area (Å²) in [6, 6.07) is 0. The number of carbonyl (C=O) groups is 1. The summed E-state index contributed by atoms with van der Waals surface area (Å²) < 4.78 is 5.56. The van der Waals surface area contributed by atoms with Crippen molar-refractivity contribution in [3.63, 3.8) is 0 Å². The largest absolute Gasteiger partial charge is 0.381 e. The van der Waals surface area contributed by atoms with Gasteiger partial charge < -0.3 is 15.0 Å². The molecule has 1 amide bonds. The number of aromatic amines is 1. The maximum Gasteiger partial charge on any atom is 0.259 e. The first-order chi connectivity index (χ1) is 13.0. The first-order valence-electron chi connectivity index (χ1n) is 9.41. The lowest BCUT2D eigenvalue weighted by atomic mass is 10.2. The molecule has 6 nitrogen and oxygen atoms in total. The molecule has 27 heavy (non-hydrogen) atoms. The highest BCUT2D eigenvalue weighted by Gasteiger charge is 2.21. The van der Waals surface area contributed by atoms with E-state index in [1.807, 2.05) is 20.8 Å². The van der Waals surface area contributed by atoms with Crippen LogP contribution in [0.3, 0.4) is 0 Å². The van der Waals surface area contributed by atoms with Crippen molar-refractivity contribution < 1.29 is 9.53 Å². The van der Waals surface area contributed by atoms with Crippen LogP contribution in [0.2, 0.25) is 0 Å². The molecule has 2 aromatic rings. The van der Waals surface area contributed by atoms with Crippen LogP contribution in [0.25, 0.3) is 10.2 Å². The van der Waals surface area contributed by atoms with Gasteiger partial charge in [0.1, 0.15) is 10.7 Å². The fraction of sp³-hybridized carbons (Fsp3) is 0.632. The molecule has 2 aromatic heterocycles. The van der Waals surface area contributed by atoms with Gasteiger partial charge in [0.2, 0.25) is 5.91 Å². The molecule has 1 atom stereocenters. The fourth-order valence-corrected chi connectivity index (χ4v) is 4.54. The number of thiophene rings is 1. The third-order valence-electron chi connectivity index (χ3n) is 4.74. The molecular weight excluding hydrogens is 382 g/mol. The maximum absolute atomic E-state index is 12.3. The zero-order valence-electron chi connectivity index (χ0n) is 16.1. The monoisotopic (exact) mass is 409 g/mol. The van der Waals surface area contributed by atoms with Crippen LogP contribution >= 0.6 is 23.1 Å². The van der Waals surface area contributed by atoms with Crippen molar-refractivity contribution in [1.82, 2.24) is 15.3 Å². The van der Waals surface area contributed by atoms with Gasteiger partial charge >= 0.3 is 0 Å². The highest BCUT2D eigenvalue weighted by Crippen LogP contribution is 2.28. The zero-order valence-corrected chi connectivity index (χ0v) is 17.7. The number of hydrogen-bond acceptors (Lipinski definition) is 6. The minimum absolute atomic E-state index is 0.00781. The summed E-state index contributed by atoms with van der Waals surface area (Å²) >= 11 is 3.01. The summed E-state index contributed by atoms with van der Waals surface area (Å²) in [5, 5.41) is 3.42. The first-order valence-corrected chi connectivity index (χ1v) is 11.3. The lowest BCUT2D eigenvalue weighted by Gasteiger charge is -2.12. The van der Waals surface area contributed by atoms with E-state index in [4.69, 9.17) is 4.74 Å². The highest BCUT2D eigenvalue weighted by molar-refractivity contribution is 7.99. The maximum atomic E-state index is 12.3. The van der Waals surface area contributed by atoms with Gasteiger partial charge in [-0.3, -0.25) is 9.59 Å². The molecule has 0 radical (unpaired) electrons. The molecule has 1 saturated carbocycles. The van der Waals surface area contributed by atoms with Gasteiger partial charge in [0.25, 0.3) is 5.56 Å². The van der Waals surface area contributed by atoms with Crippen molar-refractivity contribution in [3.05, 3.63) is 26.6 Å². The molecule has 148 valence electrons. The van der Waals surface area contributed by atoms with Crippen molar-refractivity contribution >= 4 is 39.2 Å². The summed E-state index contributed by atoms with van der Waals surface area (Å²) in [7, 11) is 0. The molecule has 1 aliphatic carbocycles. The van der Waals surface area contributed by atoms with Crippen LogP contribution in [0, 0.1) is 19.8 Å². The van der Waals surface area contributed by atoms with Gasteiger partial charge in [-0.05, 0) is 51.5 Å². The lowest BCUT2D eigenvalue weighted by Crippen LogP contribution is -2.32. The van der Waals surface area contributed by atoms with Gasteiger partial charge in [0, 0.05) is 24.6 Å². The zero-order chi connectivity index (χ0) is 19.4. The Balaban J connectivity index is 1.42. The van der Waals surface area contributed by atoms with Crippen LogP contribution in [-0.4, -0.2) is 40.9 Å². The number of H-pyrrole nitrogens is 1. The van der Waals surface area contributed by atoms with Crippen LogP contribution in [0.1, 0.15) is 42.5 Å². The molecule has 2 N–H and O–H groups in total. The minimum atomic E-state index is -0.204. The number of ether oxygens (including phenoxy) is 1. The van der Waals surface area contributed by atoms with E-state index < -0.39 is 0 Å². The number of carbonyl (C=O) groups excluding carboxylic acids is 1. The van der Waals surface area contributed by atoms with Gasteiger partial charge in [0.15, 0.2) is 0 Å². The molecule has 0 aromatic carbocycles. The van der Waals surface area contributed by atoms with E-state index in [2.05, 4.69) is 15.3 Å². The number of thioether (sulfide) groups is 1. The summed E-state index contributed by atoms with van der Waals surface area (Å²) in [4.78, 5) is 33.8. The Kier molecular flexibility index (Phi) is 6.94. The average molecular weight is 410 g/mol.